The molecule has 0 aliphatic rings. The van der Waals surface area contributed by atoms with Crippen LogP contribution in [0.5, 0.6) is 11.5 Å². The molecular formula is C25H24F3N2O6P. The summed E-state index contributed by atoms with van der Waals surface area (Å²) in [7, 11) is -4.42. The van der Waals surface area contributed by atoms with Crippen molar-refractivity contribution in [2.45, 2.75) is 25.2 Å². The van der Waals surface area contributed by atoms with Crippen LogP contribution >= 0.6 is 7.60 Å². The zero-order valence-corrected chi connectivity index (χ0v) is 20.2. The summed E-state index contributed by atoms with van der Waals surface area (Å²) in [6.07, 6.45) is -1.62. The molecule has 0 saturated carbocycles. The summed E-state index contributed by atoms with van der Waals surface area (Å²) in [4.78, 5) is 35.0. The molecule has 2 aromatic carbocycles. The van der Waals surface area contributed by atoms with E-state index in [9.17, 15) is 32.3 Å². The zero-order chi connectivity index (χ0) is 26.9. The van der Waals surface area contributed by atoms with Gasteiger partial charge in [-0.15, -0.1) is 0 Å². The Labute approximate surface area is 210 Å². The molecule has 0 spiro atoms. The SMILES string of the molecule is O=C(N[C@@H](/C=C/P(=O)(O)O)Cc1ccc(OCc2cc(OCC(F)(F)F)ccn2)cc1)c1ccccc1. The molecule has 0 bridgehead atoms. The molecule has 8 nitrogen and oxygen atoms in total. The number of carbonyl (C=O) groups excluding carboxylic acids is 1. The quantitative estimate of drug-likeness (QED) is 0.306. The van der Waals surface area contributed by atoms with Crippen LogP contribution in [0.4, 0.5) is 13.2 Å². The number of halogens is 3. The number of hydrogen-bond acceptors (Lipinski definition) is 5. The molecule has 0 aliphatic heterocycles. The highest BCUT2D eigenvalue weighted by atomic mass is 31.2. The van der Waals surface area contributed by atoms with Gasteiger partial charge in [-0.1, -0.05) is 36.4 Å². The molecule has 1 aromatic heterocycles. The van der Waals surface area contributed by atoms with Crippen LogP contribution in [0, 0.1) is 0 Å². The van der Waals surface area contributed by atoms with Crippen molar-refractivity contribution in [1.29, 1.82) is 0 Å². The van der Waals surface area contributed by atoms with E-state index in [1.807, 2.05) is 0 Å². The molecule has 3 rings (SSSR count). The third-order valence-corrected chi connectivity index (χ3v) is 5.38. The Bertz CT molecular complexity index is 1250. The largest absolute Gasteiger partial charge is 0.487 e. The van der Waals surface area contributed by atoms with Gasteiger partial charge in [0.1, 0.15) is 18.1 Å². The predicted octanol–water partition coefficient (Wildman–Crippen LogP) is 4.63. The monoisotopic (exact) mass is 536 g/mol. The van der Waals surface area contributed by atoms with Gasteiger partial charge in [0, 0.05) is 23.6 Å². The van der Waals surface area contributed by atoms with Gasteiger partial charge in [-0.25, -0.2) is 0 Å². The summed E-state index contributed by atoms with van der Waals surface area (Å²) in [5.41, 5.74) is 1.53. The van der Waals surface area contributed by atoms with Crippen LogP contribution in [0.15, 0.2) is 84.8 Å². The Morgan fingerprint density at radius 3 is 2.38 bits per heavy atom. The van der Waals surface area contributed by atoms with Crippen molar-refractivity contribution in [3.05, 3.63) is 102 Å². The normalized spacial score (nSPS) is 12.8. The van der Waals surface area contributed by atoms with Crippen molar-refractivity contribution in [3.8, 4) is 11.5 Å². The molecule has 1 heterocycles. The number of nitrogens with one attached hydrogen (secondary N) is 1. The Balaban J connectivity index is 1.61. The number of aromatic nitrogens is 1. The molecule has 0 fully saturated rings. The van der Waals surface area contributed by atoms with Crippen LogP contribution in [0.2, 0.25) is 0 Å². The Morgan fingerprint density at radius 1 is 1.03 bits per heavy atom. The van der Waals surface area contributed by atoms with Gasteiger partial charge in [0.2, 0.25) is 0 Å². The van der Waals surface area contributed by atoms with Crippen LogP contribution in [-0.4, -0.2) is 39.5 Å². The van der Waals surface area contributed by atoms with E-state index in [2.05, 4.69) is 10.3 Å². The first kappa shape index (κ1) is 27.9. The fourth-order valence-corrected chi connectivity index (χ4v) is 3.58. The van der Waals surface area contributed by atoms with Gasteiger partial charge < -0.3 is 24.6 Å². The average molecular weight is 536 g/mol. The highest BCUT2D eigenvalue weighted by Crippen LogP contribution is 2.36. The summed E-state index contributed by atoms with van der Waals surface area (Å²) in [6, 6.07) is 17.1. The van der Waals surface area contributed by atoms with E-state index in [1.165, 1.54) is 24.4 Å². The number of rotatable bonds is 11. The zero-order valence-electron chi connectivity index (χ0n) is 19.3. The van der Waals surface area contributed by atoms with E-state index >= 15 is 0 Å². The number of alkyl halides is 3. The molecule has 1 atom stereocenters. The molecule has 0 aliphatic carbocycles. The van der Waals surface area contributed by atoms with Crippen LogP contribution in [-0.2, 0) is 17.6 Å². The number of nitrogens with zero attached hydrogens (tertiary/aromatic N) is 1. The summed E-state index contributed by atoms with van der Waals surface area (Å²) < 4.78 is 58.6. The van der Waals surface area contributed by atoms with Gasteiger partial charge in [-0.3, -0.25) is 14.3 Å². The summed E-state index contributed by atoms with van der Waals surface area (Å²) in [6.45, 7) is -1.42. The van der Waals surface area contributed by atoms with Crippen molar-refractivity contribution >= 4 is 13.5 Å². The predicted molar refractivity (Wildman–Crippen MR) is 129 cm³/mol. The van der Waals surface area contributed by atoms with E-state index in [-0.39, 0.29) is 18.8 Å². The van der Waals surface area contributed by atoms with E-state index in [1.54, 1.807) is 54.6 Å². The van der Waals surface area contributed by atoms with Gasteiger partial charge >= 0.3 is 13.8 Å². The molecule has 1 amide bonds. The summed E-state index contributed by atoms with van der Waals surface area (Å²) in [5, 5.41) is 2.75. The fraction of sp³-hybridized carbons (Fsp3) is 0.200. The molecule has 3 N–H and O–H groups in total. The van der Waals surface area contributed by atoms with E-state index in [0.29, 0.717) is 17.0 Å². The van der Waals surface area contributed by atoms with Crippen LogP contribution < -0.4 is 14.8 Å². The number of carbonyl (C=O) groups is 1. The minimum atomic E-state index is -4.45. The summed E-state index contributed by atoms with van der Waals surface area (Å²) >= 11 is 0. The minimum absolute atomic E-state index is 0.0106. The number of amides is 1. The number of pyridine rings is 1. The third kappa shape index (κ3) is 10.5. The number of ether oxygens (including phenoxy) is 2. The molecule has 0 radical (unpaired) electrons. The molecule has 0 saturated heterocycles. The van der Waals surface area contributed by atoms with Crippen LogP contribution in [0.3, 0.4) is 0 Å². The van der Waals surface area contributed by atoms with Gasteiger partial charge in [0.15, 0.2) is 6.61 Å². The maximum absolute atomic E-state index is 12.5. The lowest BCUT2D eigenvalue weighted by molar-refractivity contribution is -0.153. The first-order valence-electron chi connectivity index (χ1n) is 10.9. The first-order chi connectivity index (χ1) is 17.5. The molecule has 37 heavy (non-hydrogen) atoms. The Hall–Kier alpha value is -3.66. The van der Waals surface area contributed by atoms with Crippen molar-refractivity contribution < 1.29 is 41.8 Å². The Kier molecular flexibility index (Phi) is 9.46. The van der Waals surface area contributed by atoms with Gasteiger partial charge in [0.25, 0.3) is 5.91 Å². The van der Waals surface area contributed by atoms with E-state index < -0.39 is 32.3 Å². The topological polar surface area (TPSA) is 118 Å². The average Bonchev–Trinajstić information content (AvgIpc) is 2.85. The van der Waals surface area contributed by atoms with E-state index in [4.69, 9.17) is 9.47 Å². The van der Waals surface area contributed by atoms with E-state index in [0.717, 1.165) is 11.4 Å². The third-order valence-electron chi connectivity index (χ3n) is 4.82. The van der Waals surface area contributed by atoms with Crippen LogP contribution in [0.1, 0.15) is 21.6 Å². The summed E-state index contributed by atoms with van der Waals surface area (Å²) in [5.74, 6) is 0.839. The van der Waals surface area contributed by atoms with Crippen molar-refractivity contribution in [2.24, 2.45) is 0 Å². The van der Waals surface area contributed by atoms with Crippen molar-refractivity contribution in [2.75, 3.05) is 6.61 Å². The van der Waals surface area contributed by atoms with Gasteiger partial charge in [-0.05, 0) is 42.3 Å². The molecule has 12 heteroatoms. The molecular weight excluding hydrogens is 512 g/mol. The van der Waals surface area contributed by atoms with Gasteiger partial charge in [0.05, 0.1) is 11.7 Å². The lowest BCUT2D eigenvalue weighted by atomic mass is 10.1. The molecule has 3 aromatic rings. The second-order valence-electron chi connectivity index (χ2n) is 7.90. The molecule has 0 unspecified atom stereocenters. The standard InChI is InChI=1S/C25H24F3N2O6P/c26-25(27,28)17-36-23-10-12-29-21(15-23)16-35-22-8-6-18(7-9-22)14-20(11-13-37(32,33)34)30-24(31)19-4-2-1-3-5-19/h1-13,15,20H,14,16-17H2,(H,30,31)(H2,32,33,34)/b13-11+/t20-/m0/s1. The smallest absolute Gasteiger partial charge is 0.422 e. The highest BCUT2D eigenvalue weighted by Gasteiger charge is 2.28. The van der Waals surface area contributed by atoms with Gasteiger partial charge in [-0.2, -0.15) is 13.2 Å². The number of benzene rings is 2. The lowest BCUT2D eigenvalue weighted by Gasteiger charge is -2.16. The minimum Gasteiger partial charge on any atom is -0.487 e. The maximum Gasteiger partial charge on any atom is 0.422 e. The highest BCUT2D eigenvalue weighted by molar-refractivity contribution is 7.55. The first-order valence-corrected chi connectivity index (χ1v) is 12.6. The van der Waals surface area contributed by atoms with Crippen LogP contribution in [0.25, 0.3) is 0 Å². The van der Waals surface area contributed by atoms with Crippen molar-refractivity contribution in [1.82, 2.24) is 10.3 Å². The second-order valence-corrected chi connectivity index (χ2v) is 9.38. The van der Waals surface area contributed by atoms with Crippen molar-refractivity contribution in [3.63, 3.8) is 0 Å². The molecule has 196 valence electrons. The fourth-order valence-electron chi connectivity index (χ4n) is 3.15. The number of hydrogen-bond donors (Lipinski definition) is 3. The second kappa shape index (κ2) is 12.5. The lowest BCUT2D eigenvalue weighted by Crippen LogP contribution is -2.35. The maximum atomic E-state index is 12.5. The Morgan fingerprint density at radius 2 is 1.73 bits per heavy atom.